The number of pyridine rings is 1. The molecule has 2 aromatic rings. The first-order chi connectivity index (χ1) is 16.1. The number of benzene rings is 1. The molecule has 3 aliphatic rings. The Morgan fingerprint density at radius 2 is 1.82 bits per heavy atom. The zero-order chi connectivity index (χ0) is 22.8. The van der Waals surface area contributed by atoms with Gasteiger partial charge in [-0.05, 0) is 66.5 Å². The van der Waals surface area contributed by atoms with E-state index in [4.69, 9.17) is 0 Å². The maximum atomic E-state index is 12.9. The second-order valence-electron chi connectivity index (χ2n) is 9.48. The molecule has 172 valence electrons. The Hall–Kier alpha value is -3.06. The first-order valence-electron chi connectivity index (χ1n) is 12.0. The molecule has 1 unspecified atom stereocenters. The average Bonchev–Trinajstić information content (AvgIpc) is 3.14. The summed E-state index contributed by atoms with van der Waals surface area (Å²) in [5.41, 5.74) is 4.16. The van der Waals surface area contributed by atoms with Crippen LogP contribution in [0.1, 0.15) is 65.6 Å². The third-order valence-electron chi connectivity index (χ3n) is 7.31. The number of carbonyl (C=O) groups is 3. The average molecular weight is 447 g/mol. The van der Waals surface area contributed by atoms with Crippen LogP contribution in [0.3, 0.4) is 0 Å². The molecule has 1 aromatic heterocycles. The highest BCUT2D eigenvalue weighted by atomic mass is 16.2. The second kappa shape index (κ2) is 9.43. The Bertz CT molecular complexity index is 1050. The molecule has 2 N–H and O–H groups in total. The van der Waals surface area contributed by atoms with Crippen molar-refractivity contribution in [3.63, 3.8) is 0 Å². The Labute approximate surface area is 194 Å². The molecule has 3 heterocycles. The Balaban J connectivity index is 1.25. The topological polar surface area (TPSA) is 91.4 Å². The van der Waals surface area contributed by atoms with Gasteiger partial charge in [0.25, 0.3) is 5.91 Å². The smallest absolute Gasteiger partial charge is 0.255 e. The van der Waals surface area contributed by atoms with Crippen LogP contribution in [0.2, 0.25) is 0 Å². The summed E-state index contributed by atoms with van der Waals surface area (Å²) in [6, 6.07) is 10.1. The van der Waals surface area contributed by atoms with Gasteiger partial charge in [-0.25, -0.2) is 0 Å². The molecule has 0 radical (unpaired) electrons. The van der Waals surface area contributed by atoms with Gasteiger partial charge in [0.2, 0.25) is 11.8 Å². The number of nitrogens with zero attached hydrogens (tertiary/aromatic N) is 2. The number of aromatic nitrogens is 1. The molecular weight excluding hydrogens is 416 g/mol. The molecule has 1 saturated heterocycles. The van der Waals surface area contributed by atoms with Gasteiger partial charge in [-0.1, -0.05) is 25.0 Å². The molecule has 2 fully saturated rings. The van der Waals surface area contributed by atoms with Crippen LogP contribution >= 0.6 is 0 Å². The second-order valence-corrected chi connectivity index (χ2v) is 9.48. The number of imide groups is 1. The molecule has 2 aliphatic heterocycles. The van der Waals surface area contributed by atoms with E-state index >= 15 is 0 Å². The summed E-state index contributed by atoms with van der Waals surface area (Å²) in [6.07, 6.45) is 10.2. The van der Waals surface area contributed by atoms with Gasteiger partial charge >= 0.3 is 0 Å². The lowest BCUT2D eigenvalue weighted by Crippen LogP contribution is -2.52. The van der Waals surface area contributed by atoms with E-state index in [1.807, 2.05) is 18.5 Å². The van der Waals surface area contributed by atoms with Crippen LogP contribution in [-0.4, -0.2) is 39.7 Å². The molecule has 7 heteroatoms. The predicted molar refractivity (Wildman–Crippen MR) is 123 cm³/mol. The van der Waals surface area contributed by atoms with Crippen molar-refractivity contribution in [2.24, 2.45) is 5.92 Å². The number of piperidine rings is 1. The van der Waals surface area contributed by atoms with E-state index in [0.29, 0.717) is 30.5 Å². The summed E-state index contributed by atoms with van der Waals surface area (Å²) in [7, 11) is 0. The quantitative estimate of drug-likeness (QED) is 0.666. The van der Waals surface area contributed by atoms with Crippen LogP contribution in [0.25, 0.3) is 0 Å². The molecule has 1 aliphatic carbocycles. The Kier molecular flexibility index (Phi) is 6.22. The van der Waals surface area contributed by atoms with Crippen molar-refractivity contribution in [2.75, 3.05) is 0 Å². The molecule has 7 nitrogen and oxygen atoms in total. The normalized spacial score (nSPS) is 25.2. The van der Waals surface area contributed by atoms with Crippen LogP contribution in [0.15, 0.2) is 42.7 Å². The number of carbonyl (C=O) groups excluding carboxylic acids is 3. The summed E-state index contributed by atoms with van der Waals surface area (Å²) in [5.74, 6) is -0.178. The summed E-state index contributed by atoms with van der Waals surface area (Å²) >= 11 is 0. The van der Waals surface area contributed by atoms with Crippen LogP contribution < -0.4 is 10.6 Å². The highest BCUT2D eigenvalue weighted by Crippen LogP contribution is 2.31. The maximum absolute atomic E-state index is 12.9. The number of rotatable bonds is 6. The van der Waals surface area contributed by atoms with Crippen molar-refractivity contribution in [3.05, 3.63) is 65.0 Å². The number of amides is 3. The van der Waals surface area contributed by atoms with Crippen molar-refractivity contribution in [3.8, 4) is 0 Å². The predicted octanol–water partition coefficient (Wildman–Crippen LogP) is 2.73. The van der Waals surface area contributed by atoms with Crippen molar-refractivity contribution < 1.29 is 14.4 Å². The molecular formula is C26H30N4O3. The van der Waals surface area contributed by atoms with E-state index < -0.39 is 6.04 Å². The van der Waals surface area contributed by atoms with Crippen molar-refractivity contribution in [1.29, 1.82) is 0 Å². The summed E-state index contributed by atoms with van der Waals surface area (Å²) in [5, 5.41) is 6.13. The lowest BCUT2D eigenvalue weighted by Gasteiger charge is -2.32. The lowest BCUT2D eigenvalue weighted by molar-refractivity contribution is -0.136. The fourth-order valence-electron chi connectivity index (χ4n) is 5.53. The third-order valence-corrected chi connectivity index (χ3v) is 7.31. The molecule has 3 amide bonds. The van der Waals surface area contributed by atoms with Crippen LogP contribution in [0.5, 0.6) is 0 Å². The molecule has 1 saturated carbocycles. The van der Waals surface area contributed by atoms with E-state index in [-0.39, 0.29) is 24.1 Å². The van der Waals surface area contributed by atoms with E-state index in [9.17, 15) is 14.4 Å². The third kappa shape index (κ3) is 4.69. The van der Waals surface area contributed by atoms with Gasteiger partial charge in [0.1, 0.15) is 6.04 Å². The van der Waals surface area contributed by atoms with Crippen LogP contribution in [0.4, 0.5) is 0 Å². The van der Waals surface area contributed by atoms with Crippen LogP contribution in [-0.2, 0) is 29.1 Å². The van der Waals surface area contributed by atoms with Gasteiger partial charge in [-0.15, -0.1) is 0 Å². The summed E-state index contributed by atoms with van der Waals surface area (Å²) < 4.78 is 0. The Morgan fingerprint density at radius 3 is 2.64 bits per heavy atom. The fourth-order valence-corrected chi connectivity index (χ4v) is 5.53. The minimum absolute atomic E-state index is 0.111. The first kappa shape index (κ1) is 21.8. The van der Waals surface area contributed by atoms with Gasteiger partial charge in [0.05, 0.1) is 0 Å². The highest BCUT2D eigenvalue weighted by Gasteiger charge is 2.39. The Morgan fingerprint density at radius 1 is 1.00 bits per heavy atom. The number of hydrogen-bond donors (Lipinski definition) is 2. The van der Waals surface area contributed by atoms with E-state index in [0.717, 1.165) is 18.5 Å². The number of hydrogen-bond acceptors (Lipinski definition) is 5. The van der Waals surface area contributed by atoms with Crippen LogP contribution in [0, 0.1) is 5.92 Å². The van der Waals surface area contributed by atoms with Gasteiger partial charge in [0, 0.05) is 43.5 Å². The highest BCUT2D eigenvalue weighted by molar-refractivity contribution is 6.05. The maximum Gasteiger partial charge on any atom is 0.255 e. The van der Waals surface area contributed by atoms with Gasteiger partial charge < -0.3 is 10.2 Å². The molecule has 33 heavy (non-hydrogen) atoms. The fraction of sp³-hybridized carbons (Fsp3) is 0.462. The molecule has 0 spiro atoms. The van der Waals surface area contributed by atoms with Gasteiger partial charge in [0.15, 0.2) is 0 Å². The van der Waals surface area contributed by atoms with E-state index in [2.05, 4.69) is 39.9 Å². The minimum atomic E-state index is -0.564. The lowest BCUT2D eigenvalue weighted by atomic mass is 9.80. The number of nitrogens with one attached hydrogen (secondary N) is 2. The molecule has 5 rings (SSSR count). The van der Waals surface area contributed by atoms with Crippen molar-refractivity contribution in [2.45, 2.75) is 70.1 Å². The van der Waals surface area contributed by atoms with Crippen molar-refractivity contribution >= 4 is 17.7 Å². The zero-order valence-corrected chi connectivity index (χ0v) is 18.8. The minimum Gasteiger partial charge on any atom is -0.322 e. The largest absolute Gasteiger partial charge is 0.322 e. The van der Waals surface area contributed by atoms with Crippen molar-refractivity contribution in [1.82, 2.24) is 20.5 Å². The van der Waals surface area contributed by atoms with E-state index in [1.165, 1.54) is 36.8 Å². The monoisotopic (exact) mass is 446 g/mol. The summed E-state index contributed by atoms with van der Waals surface area (Å²) in [4.78, 5) is 42.4. The number of fused-ring (bicyclic) bond motifs is 1. The first-order valence-corrected chi connectivity index (χ1v) is 12.0. The molecule has 3 atom stereocenters. The van der Waals surface area contributed by atoms with Gasteiger partial charge in [-0.3, -0.25) is 24.7 Å². The van der Waals surface area contributed by atoms with E-state index in [1.54, 1.807) is 4.90 Å². The van der Waals surface area contributed by atoms with Gasteiger partial charge in [-0.2, -0.15) is 0 Å². The molecule has 0 bridgehead atoms. The summed E-state index contributed by atoms with van der Waals surface area (Å²) in [6.45, 7) is 1.28. The standard InChI is InChI=1S/C26H30N4O3/c31-24-8-7-23(25(32)29-24)30-16-20-14-18(5-6-21(20)26(30)33)13-19-3-1-2-4-22(19)28-15-17-9-11-27-12-10-17/h5-6,9-12,14,19,22-23,28H,1-4,7-8,13,15-16H2,(H,29,31,32)/t19-,22+,23?/m1/s1. The SMILES string of the molecule is O=C1CCC(N2Cc3cc(C[C@H]4CCCC[C@@H]4NCc4ccncc4)ccc3C2=O)C(=O)N1. The molecule has 1 aromatic carbocycles. The zero-order valence-electron chi connectivity index (χ0n) is 18.8.